The molecule has 172 valence electrons. The fourth-order valence-electron chi connectivity index (χ4n) is 4.39. The van der Waals surface area contributed by atoms with Crippen LogP contribution in [0.2, 0.25) is 0 Å². The number of carbonyl (C=O) groups excluding carboxylic acids is 1. The summed E-state index contributed by atoms with van der Waals surface area (Å²) in [5.41, 5.74) is 4.19. The van der Waals surface area contributed by atoms with E-state index in [0.29, 0.717) is 55.8 Å². The number of amides is 1. The fraction of sp³-hybridized carbons (Fsp3) is 0.440. The van der Waals surface area contributed by atoms with Crippen molar-refractivity contribution in [1.29, 1.82) is 5.26 Å². The number of nitrogens with zero attached hydrogens (tertiary/aromatic N) is 1. The highest BCUT2D eigenvalue weighted by Crippen LogP contribution is 2.41. The molecule has 3 aliphatic heterocycles. The van der Waals surface area contributed by atoms with Gasteiger partial charge in [0.15, 0.2) is 0 Å². The van der Waals surface area contributed by atoms with Gasteiger partial charge in [0.2, 0.25) is 0 Å². The van der Waals surface area contributed by atoms with Crippen LogP contribution >= 0.6 is 0 Å². The van der Waals surface area contributed by atoms with Crippen LogP contribution in [-0.2, 0) is 27.3 Å². The molecule has 0 aliphatic carbocycles. The van der Waals surface area contributed by atoms with Crippen molar-refractivity contribution in [3.05, 3.63) is 52.8 Å². The maximum atomic E-state index is 15.1. The molecule has 1 amide bonds. The fourth-order valence-corrected chi connectivity index (χ4v) is 4.39. The number of nitrogens with one attached hydrogen (secondary N) is 2. The van der Waals surface area contributed by atoms with Gasteiger partial charge in [-0.2, -0.15) is 5.26 Å². The molecule has 8 heteroatoms. The van der Waals surface area contributed by atoms with Crippen molar-refractivity contribution in [3.8, 4) is 22.9 Å². The number of benzene rings is 2. The van der Waals surface area contributed by atoms with Gasteiger partial charge in [0.05, 0.1) is 19.3 Å². The largest absolute Gasteiger partial charge is 0.488 e. The second kappa shape index (κ2) is 9.48. The smallest absolute Gasteiger partial charge is 0.251 e. The highest BCUT2D eigenvalue weighted by atomic mass is 19.1. The Kier molecular flexibility index (Phi) is 6.27. The predicted octanol–water partition coefficient (Wildman–Crippen LogP) is 2.43. The molecule has 0 saturated carbocycles. The molecule has 0 bridgehead atoms. The van der Waals surface area contributed by atoms with Gasteiger partial charge in [0, 0.05) is 31.1 Å². The van der Waals surface area contributed by atoms with Crippen molar-refractivity contribution in [2.45, 2.75) is 37.5 Å². The Bertz CT molecular complexity index is 1090. The number of ether oxygens (including phenoxy) is 3. The van der Waals surface area contributed by atoms with E-state index in [1.54, 1.807) is 6.07 Å². The van der Waals surface area contributed by atoms with E-state index in [2.05, 4.69) is 28.8 Å². The standard InChI is InChI=1S/C25H26FN3O4/c26-22-9-21-20-7-15(18-12-31-13-18)2-3-16(20)14-33-23(21)8-17(22)6-19(10-27)29-25(30)24-11-28-4-1-5-32-24/h2-3,7-9,18-19,24,28H,1,4-6,11-14H2,(H,29,30)/t19?,24-/m0/s1. The number of hydrogen-bond donors (Lipinski definition) is 2. The molecule has 0 radical (unpaired) electrons. The minimum absolute atomic E-state index is 0.0389. The molecule has 0 spiro atoms. The first kappa shape index (κ1) is 21.8. The van der Waals surface area contributed by atoms with Crippen molar-refractivity contribution >= 4 is 5.91 Å². The molecule has 33 heavy (non-hydrogen) atoms. The van der Waals surface area contributed by atoms with Gasteiger partial charge in [-0.05, 0) is 47.4 Å². The average Bonchev–Trinajstić information content (AvgIpc) is 3.07. The zero-order chi connectivity index (χ0) is 22.8. The van der Waals surface area contributed by atoms with E-state index in [1.165, 1.54) is 11.6 Å². The summed E-state index contributed by atoms with van der Waals surface area (Å²) in [6.45, 7) is 3.47. The highest BCUT2D eigenvalue weighted by molar-refractivity contribution is 5.82. The maximum absolute atomic E-state index is 15.1. The molecule has 2 fully saturated rings. The molecule has 2 aromatic rings. The monoisotopic (exact) mass is 451 g/mol. The number of fused-ring (bicyclic) bond motifs is 3. The molecule has 3 aliphatic rings. The molecular formula is C25H26FN3O4. The topological polar surface area (TPSA) is 92.6 Å². The van der Waals surface area contributed by atoms with E-state index < -0.39 is 18.0 Å². The number of carbonyl (C=O) groups is 1. The summed E-state index contributed by atoms with van der Waals surface area (Å²) < 4.78 is 31.9. The van der Waals surface area contributed by atoms with Gasteiger partial charge in [-0.15, -0.1) is 0 Å². The molecular weight excluding hydrogens is 425 g/mol. The minimum Gasteiger partial charge on any atom is -0.488 e. The molecule has 2 N–H and O–H groups in total. The summed E-state index contributed by atoms with van der Waals surface area (Å²) in [5.74, 6) is 0.162. The summed E-state index contributed by atoms with van der Waals surface area (Å²) in [4.78, 5) is 12.5. The number of rotatable bonds is 5. The van der Waals surface area contributed by atoms with Gasteiger partial charge in [0.1, 0.15) is 30.3 Å². The van der Waals surface area contributed by atoms with Crippen molar-refractivity contribution < 1.29 is 23.4 Å². The summed E-state index contributed by atoms with van der Waals surface area (Å²) >= 11 is 0. The number of halogens is 1. The first-order chi connectivity index (χ1) is 16.1. The van der Waals surface area contributed by atoms with Crippen LogP contribution < -0.4 is 15.4 Å². The third-order valence-electron chi connectivity index (χ3n) is 6.40. The minimum atomic E-state index is -0.877. The van der Waals surface area contributed by atoms with Gasteiger partial charge in [-0.1, -0.05) is 18.2 Å². The highest BCUT2D eigenvalue weighted by Gasteiger charge is 2.27. The van der Waals surface area contributed by atoms with Crippen molar-refractivity contribution in [3.63, 3.8) is 0 Å². The van der Waals surface area contributed by atoms with E-state index in [0.717, 1.165) is 24.1 Å². The van der Waals surface area contributed by atoms with Crippen molar-refractivity contribution in [1.82, 2.24) is 10.6 Å². The zero-order valence-corrected chi connectivity index (χ0v) is 18.2. The first-order valence-corrected chi connectivity index (χ1v) is 11.3. The van der Waals surface area contributed by atoms with Gasteiger partial charge < -0.3 is 24.8 Å². The molecule has 0 aromatic heterocycles. The van der Waals surface area contributed by atoms with Crippen LogP contribution in [0.1, 0.15) is 29.0 Å². The molecule has 2 aromatic carbocycles. The predicted molar refractivity (Wildman–Crippen MR) is 118 cm³/mol. The first-order valence-electron chi connectivity index (χ1n) is 11.3. The van der Waals surface area contributed by atoms with E-state index in [9.17, 15) is 10.1 Å². The third-order valence-corrected chi connectivity index (χ3v) is 6.40. The molecule has 7 nitrogen and oxygen atoms in total. The molecule has 5 rings (SSSR count). The Morgan fingerprint density at radius 1 is 1.27 bits per heavy atom. The Labute approximate surface area is 191 Å². The normalized spacial score (nSPS) is 20.8. The maximum Gasteiger partial charge on any atom is 0.251 e. The van der Waals surface area contributed by atoms with Crippen LogP contribution in [0.5, 0.6) is 5.75 Å². The van der Waals surface area contributed by atoms with Crippen LogP contribution in [0.3, 0.4) is 0 Å². The van der Waals surface area contributed by atoms with Crippen LogP contribution in [0.25, 0.3) is 11.1 Å². The Morgan fingerprint density at radius 3 is 2.94 bits per heavy atom. The molecule has 2 saturated heterocycles. The molecule has 1 unspecified atom stereocenters. The van der Waals surface area contributed by atoms with E-state index >= 15 is 4.39 Å². The second-order valence-corrected chi connectivity index (χ2v) is 8.69. The SMILES string of the molecule is N#CC(Cc1cc2c(cc1F)-c1cc(C3COC3)ccc1CO2)NC(=O)[C@@H]1CNCCCO1. The molecule has 2 atom stereocenters. The average molecular weight is 451 g/mol. The van der Waals surface area contributed by atoms with E-state index in [4.69, 9.17) is 14.2 Å². The Balaban J connectivity index is 1.34. The summed E-state index contributed by atoms with van der Waals surface area (Å²) in [5, 5.41) is 15.4. The lowest BCUT2D eigenvalue weighted by Gasteiger charge is -2.28. The lowest BCUT2D eigenvalue weighted by Crippen LogP contribution is -2.46. The lowest BCUT2D eigenvalue weighted by molar-refractivity contribution is -0.132. The van der Waals surface area contributed by atoms with Gasteiger partial charge in [0.25, 0.3) is 5.91 Å². The summed E-state index contributed by atoms with van der Waals surface area (Å²) in [6.07, 6.45) is 0.203. The second-order valence-electron chi connectivity index (χ2n) is 8.69. The number of hydrogen-bond acceptors (Lipinski definition) is 6. The van der Waals surface area contributed by atoms with E-state index in [1.807, 2.05) is 6.07 Å². The lowest BCUT2D eigenvalue weighted by atomic mass is 9.89. The van der Waals surface area contributed by atoms with Crippen LogP contribution in [-0.4, -0.2) is 51.0 Å². The third kappa shape index (κ3) is 4.58. The summed E-state index contributed by atoms with van der Waals surface area (Å²) in [6, 6.07) is 10.5. The van der Waals surface area contributed by atoms with E-state index in [-0.39, 0.29) is 12.3 Å². The number of nitriles is 1. The van der Waals surface area contributed by atoms with Gasteiger partial charge >= 0.3 is 0 Å². The van der Waals surface area contributed by atoms with Gasteiger partial charge in [-0.25, -0.2) is 4.39 Å². The van der Waals surface area contributed by atoms with Crippen LogP contribution in [0, 0.1) is 17.1 Å². The summed E-state index contributed by atoms with van der Waals surface area (Å²) in [7, 11) is 0. The Morgan fingerprint density at radius 2 is 2.15 bits per heavy atom. The van der Waals surface area contributed by atoms with Crippen LogP contribution in [0.15, 0.2) is 30.3 Å². The van der Waals surface area contributed by atoms with Crippen LogP contribution in [0.4, 0.5) is 4.39 Å². The Hall–Kier alpha value is -2.99. The van der Waals surface area contributed by atoms with Crippen molar-refractivity contribution in [2.24, 2.45) is 0 Å². The van der Waals surface area contributed by atoms with Crippen molar-refractivity contribution in [2.75, 3.05) is 32.9 Å². The van der Waals surface area contributed by atoms with Gasteiger partial charge in [-0.3, -0.25) is 4.79 Å². The molecule has 3 heterocycles. The zero-order valence-electron chi connectivity index (χ0n) is 18.2. The quantitative estimate of drug-likeness (QED) is 0.726.